The maximum absolute atomic E-state index is 12.0. The van der Waals surface area contributed by atoms with Crippen LogP contribution in [0.25, 0.3) is 0 Å². The van der Waals surface area contributed by atoms with Crippen LogP contribution in [0.1, 0.15) is 31.1 Å². The fourth-order valence-electron chi connectivity index (χ4n) is 1.82. The quantitative estimate of drug-likeness (QED) is 0.822. The summed E-state index contributed by atoms with van der Waals surface area (Å²) in [7, 11) is 0. The van der Waals surface area contributed by atoms with Crippen LogP contribution in [0, 0.1) is 0 Å². The van der Waals surface area contributed by atoms with Gasteiger partial charge in [0, 0.05) is 18.2 Å². The molecule has 0 aromatic carbocycles. The van der Waals surface area contributed by atoms with E-state index in [1.807, 2.05) is 6.92 Å². The lowest BCUT2D eigenvalue weighted by Crippen LogP contribution is -2.41. The van der Waals surface area contributed by atoms with Crippen molar-refractivity contribution < 1.29 is 4.79 Å². The summed E-state index contributed by atoms with van der Waals surface area (Å²) < 4.78 is 0. The Morgan fingerprint density at radius 2 is 1.84 bits per heavy atom. The minimum Gasteiger partial charge on any atom is -0.348 e. The maximum Gasteiger partial charge on any atom is 0.251 e. The van der Waals surface area contributed by atoms with Gasteiger partial charge in [-0.1, -0.05) is 37.0 Å². The van der Waals surface area contributed by atoms with Crippen LogP contribution < -0.4 is 5.32 Å². The van der Waals surface area contributed by atoms with Crippen molar-refractivity contribution in [3.05, 3.63) is 28.0 Å². The number of halogens is 2. The van der Waals surface area contributed by atoms with Crippen molar-refractivity contribution in [1.29, 1.82) is 0 Å². The van der Waals surface area contributed by atoms with Crippen LogP contribution in [0.3, 0.4) is 0 Å². The number of rotatable bonds is 6. The van der Waals surface area contributed by atoms with Gasteiger partial charge in [-0.25, -0.2) is 4.98 Å². The number of likely N-dealkylation sites (N-methyl/N-ethyl adjacent to an activating group) is 1. The number of nitrogens with zero attached hydrogens (tertiary/aromatic N) is 2. The highest BCUT2D eigenvalue weighted by Crippen LogP contribution is 2.14. The van der Waals surface area contributed by atoms with Crippen LogP contribution in [0.2, 0.25) is 10.3 Å². The van der Waals surface area contributed by atoms with Crippen LogP contribution in [-0.2, 0) is 0 Å². The number of carbonyl (C=O) groups is 1. The number of aromatic nitrogens is 1. The molecule has 0 aliphatic carbocycles. The highest BCUT2D eigenvalue weighted by Gasteiger charge is 2.13. The average molecular weight is 304 g/mol. The van der Waals surface area contributed by atoms with Gasteiger partial charge in [-0.15, -0.1) is 0 Å². The Bertz CT molecular complexity index is 416. The van der Waals surface area contributed by atoms with Gasteiger partial charge in [0.2, 0.25) is 0 Å². The van der Waals surface area contributed by atoms with Gasteiger partial charge in [-0.3, -0.25) is 4.79 Å². The molecule has 0 saturated carbocycles. The summed E-state index contributed by atoms with van der Waals surface area (Å²) in [6, 6.07) is 3.07. The second-order valence-electron chi connectivity index (χ2n) is 4.36. The molecular formula is C13H19Cl2N3O. The summed E-state index contributed by atoms with van der Waals surface area (Å²) in [4.78, 5) is 18.1. The fourth-order valence-corrected chi connectivity index (χ4v) is 2.28. The third-order valence-corrected chi connectivity index (χ3v) is 3.22. The van der Waals surface area contributed by atoms with Gasteiger partial charge in [0.1, 0.15) is 10.3 Å². The molecule has 1 amide bonds. The number of carbonyl (C=O) groups excluding carboxylic acids is 1. The van der Waals surface area contributed by atoms with Crippen molar-refractivity contribution in [3.63, 3.8) is 0 Å². The second-order valence-corrected chi connectivity index (χ2v) is 5.14. The number of hydrogen-bond acceptors (Lipinski definition) is 3. The Labute approximate surface area is 124 Å². The van der Waals surface area contributed by atoms with Crippen molar-refractivity contribution in [2.45, 2.75) is 26.8 Å². The SMILES string of the molecule is CCN(CC)CC(C)NC(=O)c1cc(Cl)nc(Cl)c1. The predicted octanol–water partition coefficient (Wildman–Crippen LogP) is 2.85. The largest absolute Gasteiger partial charge is 0.348 e. The van der Waals surface area contributed by atoms with E-state index in [0.717, 1.165) is 19.6 Å². The van der Waals surface area contributed by atoms with E-state index in [2.05, 4.69) is 29.0 Å². The van der Waals surface area contributed by atoms with E-state index < -0.39 is 0 Å². The van der Waals surface area contributed by atoms with E-state index >= 15 is 0 Å². The molecule has 106 valence electrons. The van der Waals surface area contributed by atoms with E-state index in [-0.39, 0.29) is 22.3 Å². The standard InChI is InChI=1S/C13H19Cl2N3O/c1-4-18(5-2)8-9(3)16-13(19)10-6-11(14)17-12(15)7-10/h6-7,9H,4-5,8H2,1-3H3,(H,16,19). The zero-order valence-electron chi connectivity index (χ0n) is 11.4. The Kier molecular flexibility index (Phi) is 6.55. The Hall–Kier alpha value is -0.840. The lowest BCUT2D eigenvalue weighted by Gasteiger charge is -2.23. The lowest BCUT2D eigenvalue weighted by molar-refractivity contribution is 0.0930. The summed E-state index contributed by atoms with van der Waals surface area (Å²) in [5.41, 5.74) is 0.427. The molecule has 4 nitrogen and oxygen atoms in total. The Morgan fingerprint density at radius 1 is 1.32 bits per heavy atom. The summed E-state index contributed by atoms with van der Waals surface area (Å²) >= 11 is 11.6. The predicted molar refractivity (Wildman–Crippen MR) is 79.0 cm³/mol. The first-order valence-electron chi connectivity index (χ1n) is 6.32. The molecule has 1 heterocycles. The number of amides is 1. The molecule has 0 radical (unpaired) electrons. The van der Waals surface area contributed by atoms with Gasteiger partial charge in [0.05, 0.1) is 0 Å². The van der Waals surface area contributed by atoms with Gasteiger partial charge < -0.3 is 10.2 Å². The summed E-state index contributed by atoms with van der Waals surface area (Å²) in [5, 5.41) is 3.36. The molecule has 19 heavy (non-hydrogen) atoms. The number of pyridine rings is 1. The molecule has 1 rings (SSSR count). The fraction of sp³-hybridized carbons (Fsp3) is 0.538. The molecule has 0 bridgehead atoms. The molecule has 0 aliphatic heterocycles. The van der Waals surface area contributed by atoms with Crippen LogP contribution in [0.5, 0.6) is 0 Å². The van der Waals surface area contributed by atoms with E-state index in [4.69, 9.17) is 23.2 Å². The van der Waals surface area contributed by atoms with Crippen molar-refractivity contribution in [1.82, 2.24) is 15.2 Å². The van der Waals surface area contributed by atoms with E-state index in [9.17, 15) is 4.79 Å². The molecule has 1 N–H and O–H groups in total. The average Bonchev–Trinajstić information content (AvgIpc) is 2.34. The molecule has 1 unspecified atom stereocenters. The molecule has 0 spiro atoms. The Morgan fingerprint density at radius 3 is 2.32 bits per heavy atom. The smallest absolute Gasteiger partial charge is 0.251 e. The zero-order valence-corrected chi connectivity index (χ0v) is 12.9. The zero-order chi connectivity index (χ0) is 14.4. The molecule has 0 saturated heterocycles. The van der Waals surface area contributed by atoms with Crippen molar-refractivity contribution >= 4 is 29.1 Å². The van der Waals surface area contributed by atoms with Crippen molar-refractivity contribution in [2.75, 3.05) is 19.6 Å². The van der Waals surface area contributed by atoms with Crippen LogP contribution in [-0.4, -0.2) is 41.5 Å². The van der Waals surface area contributed by atoms with Crippen molar-refractivity contribution in [2.24, 2.45) is 0 Å². The first-order chi connectivity index (χ1) is 8.96. The Balaban J connectivity index is 2.63. The normalized spacial score (nSPS) is 12.5. The summed E-state index contributed by atoms with van der Waals surface area (Å²) in [5.74, 6) is -0.189. The summed E-state index contributed by atoms with van der Waals surface area (Å²) in [6.07, 6.45) is 0. The highest BCUT2D eigenvalue weighted by molar-refractivity contribution is 6.33. The van der Waals surface area contributed by atoms with Crippen molar-refractivity contribution in [3.8, 4) is 0 Å². The molecule has 1 aromatic heterocycles. The minimum absolute atomic E-state index is 0.0538. The molecule has 6 heteroatoms. The molecule has 0 fully saturated rings. The molecule has 0 aliphatic rings. The van der Waals surface area contributed by atoms with Gasteiger partial charge >= 0.3 is 0 Å². The highest BCUT2D eigenvalue weighted by atomic mass is 35.5. The topological polar surface area (TPSA) is 45.2 Å². The van der Waals surface area contributed by atoms with Crippen LogP contribution in [0.4, 0.5) is 0 Å². The van der Waals surface area contributed by atoms with Crippen LogP contribution in [0.15, 0.2) is 12.1 Å². The molecule has 1 aromatic rings. The molecular weight excluding hydrogens is 285 g/mol. The molecule has 1 atom stereocenters. The first-order valence-corrected chi connectivity index (χ1v) is 7.08. The van der Waals surface area contributed by atoms with E-state index in [1.54, 1.807) is 0 Å². The first kappa shape index (κ1) is 16.2. The van der Waals surface area contributed by atoms with E-state index in [1.165, 1.54) is 12.1 Å². The summed E-state index contributed by atoms with van der Waals surface area (Å²) in [6.45, 7) is 8.90. The number of hydrogen-bond donors (Lipinski definition) is 1. The minimum atomic E-state index is -0.189. The lowest BCUT2D eigenvalue weighted by atomic mass is 10.2. The number of nitrogens with one attached hydrogen (secondary N) is 1. The van der Waals surface area contributed by atoms with Gasteiger partial charge in [0.25, 0.3) is 5.91 Å². The van der Waals surface area contributed by atoms with Gasteiger partial charge in [0.15, 0.2) is 0 Å². The van der Waals surface area contributed by atoms with Crippen LogP contribution >= 0.6 is 23.2 Å². The second kappa shape index (κ2) is 7.68. The van der Waals surface area contributed by atoms with Gasteiger partial charge in [-0.05, 0) is 32.1 Å². The van der Waals surface area contributed by atoms with E-state index in [0.29, 0.717) is 5.56 Å². The van der Waals surface area contributed by atoms with Gasteiger partial charge in [-0.2, -0.15) is 0 Å². The third-order valence-electron chi connectivity index (χ3n) is 2.83. The maximum atomic E-state index is 12.0. The monoisotopic (exact) mass is 303 g/mol. The third kappa shape index (κ3) is 5.35.